The van der Waals surface area contributed by atoms with Gasteiger partial charge in [0.2, 0.25) is 0 Å². The van der Waals surface area contributed by atoms with Crippen LogP contribution in [0.3, 0.4) is 0 Å². The van der Waals surface area contributed by atoms with Gasteiger partial charge in [0.15, 0.2) is 0 Å². The summed E-state index contributed by atoms with van der Waals surface area (Å²) in [7, 11) is 0. The first-order valence-electron chi connectivity index (χ1n) is 4.37. The van der Waals surface area contributed by atoms with E-state index in [2.05, 4.69) is 15.8 Å². The van der Waals surface area contributed by atoms with E-state index in [4.69, 9.17) is 5.73 Å². The summed E-state index contributed by atoms with van der Waals surface area (Å²) in [5.74, 6) is -0.858. The fourth-order valence-corrected chi connectivity index (χ4v) is 0.808. The van der Waals surface area contributed by atoms with Gasteiger partial charge in [-0.3, -0.25) is 25.4 Å². The molecule has 0 radical (unpaired) electrons. The minimum atomic E-state index is -0.664. The Labute approximate surface area is 86.8 Å². The van der Waals surface area contributed by atoms with Crippen molar-refractivity contribution >= 4 is 11.8 Å². The van der Waals surface area contributed by atoms with Gasteiger partial charge in [0.1, 0.15) is 0 Å². The van der Waals surface area contributed by atoms with E-state index in [-0.39, 0.29) is 0 Å². The highest BCUT2D eigenvalue weighted by atomic mass is 16.2. The number of amides is 2. The van der Waals surface area contributed by atoms with Crippen molar-refractivity contribution in [1.29, 1.82) is 0 Å². The Morgan fingerprint density at radius 2 is 1.93 bits per heavy atom. The molecule has 80 valence electrons. The Bertz CT molecular complexity index is 350. The molecular weight excluding hydrogens is 196 g/mol. The lowest BCUT2D eigenvalue weighted by molar-refractivity contribution is -0.122. The number of pyridine rings is 1. The van der Waals surface area contributed by atoms with Crippen LogP contribution in [0.5, 0.6) is 0 Å². The maximum absolute atomic E-state index is 11.4. The van der Waals surface area contributed by atoms with E-state index >= 15 is 0 Å². The van der Waals surface area contributed by atoms with Crippen molar-refractivity contribution in [3.63, 3.8) is 0 Å². The zero-order valence-electron chi connectivity index (χ0n) is 8.23. The van der Waals surface area contributed by atoms with Gasteiger partial charge >= 0.3 is 0 Å². The molecule has 0 unspecified atom stereocenters. The highest BCUT2D eigenvalue weighted by Crippen LogP contribution is 1.94. The minimum Gasteiger partial charge on any atom is -0.320 e. The summed E-state index contributed by atoms with van der Waals surface area (Å²) in [4.78, 5) is 26.2. The van der Waals surface area contributed by atoms with E-state index in [1.165, 1.54) is 31.5 Å². The van der Waals surface area contributed by atoms with E-state index in [9.17, 15) is 9.59 Å². The highest BCUT2D eigenvalue weighted by Gasteiger charge is 2.09. The first-order valence-corrected chi connectivity index (χ1v) is 4.37. The lowest BCUT2D eigenvalue weighted by atomic mass is 10.2. The van der Waals surface area contributed by atoms with Crippen LogP contribution in [-0.4, -0.2) is 22.8 Å². The van der Waals surface area contributed by atoms with Crippen molar-refractivity contribution in [3.8, 4) is 0 Å². The van der Waals surface area contributed by atoms with Crippen molar-refractivity contribution in [3.05, 3.63) is 30.1 Å². The van der Waals surface area contributed by atoms with Crippen LogP contribution < -0.4 is 16.6 Å². The summed E-state index contributed by atoms with van der Waals surface area (Å²) in [5, 5.41) is 0. The Hall–Kier alpha value is -1.95. The summed E-state index contributed by atoms with van der Waals surface area (Å²) in [6.07, 6.45) is 2.98. The van der Waals surface area contributed by atoms with Crippen molar-refractivity contribution in [2.45, 2.75) is 13.0 Å². The number of nitrogens with one attached hydrogen (secondary N) is 2. The monoisotopic (exact) mass is 208 g/mol. The lowest BCUT2D eigenvalue weighted by Crippen LogP contribution is -2.48. The van der Waals surface area contributed by atoms with Gasteiger partial charge in [0.05, 0.1) is 6.04 Å². The number of nitrogens with two attached hydrogens (primary N) is 1. The molecule has 4 N–H and O–H groups in total. The molecule has 0 aromatic carbocycles. The molecule has 2 amide bonds. The average Bonchev–Trinajstić information content (AvgIpc) is 2.26. The van der Waals surface area contributed by atoms with Crippen LogP contribution in [0.25, 0.3) is 0 Å². The Kier molecular flexibility index (Phi) is 3.75. The van der Waals surface area contributed by atoms with Gasteiger partial charge in [0.25, 0.3) is 11.8 Å². The van der Waals surface area contributed by atoms with Gasteiger partial charge in [-0.15, -0.1) is 0 Å². The molecule has 0 aliphatic carbocycles. The number of hydrazine groups is 1. The van der Waals surface area contributed by atoms with Crippen molar-refractivity contribution < 1.29 is 9.59 Å². The summed E-state index contributed by atoms with van der Waals surface area (Å²) in [5.41, 5.74) is 10.1. The zero-order chi connectivity index (χ0) is 11.3. The summed E-state index contributed by atoms with van der Waals surface area (Å²) in [6, 6.07) is 2.41. The fourth-order valence-electron chi connectivity index (χ4n) is 0.808. The van der Waals surface area contributed by atoms with E-state index in [0.29, 0.717) is 5.56 Å². The topological polar surface area (TPSA) is 97.1 Å². The smallest absolute Gasteiger partial charge is 0.269 e. The van der Waals surface area contributed by atoms with Crippen LogP contribution in [0, 0.1) is 0 Å². The van der Waals surface area contributed by atoms with Crippen LogP contribution in [0.15, 0.2) is 24.5 Å². The number of nitrogens with zero attached hydrogens (tertiary/aromatic N) is 1. The second kappa shape index (κ2) is 5.06. The number of carbonyl (C=O) groups is 2. The maximum atomic E-state index is 11.4. The van der Waals surface area contributed by atoms with Crippen LogP contribution in [-0.2, 0) is 4.79 Å². The lowest BCUT2D eigenvalue weighted by Gasteiger charge is -2.08. The minimum absolute atomic E-state index is 0.411. The number of rotatable bonds is 2. The molecule has 0 saturated heterocycles. The Morgan fingerprint density at radius 3 is 2.47 bits per heavy atom. The first kappa shape index (κ1) is 11.1. The molecule has 1 heterocycles. The van der Waals surface area contributed by atoms with Gasteiger partial charge in [-0.25, -0.2) is 0 Å². The molecule has 1 aromatic heterocycles. The number of hydrogen-bond acceptors (Lipinski definition) is 4. The van der Waals surface area contributed by atoms with Crippen LogP contribution in [0.4, 0.5) is 0 Å². The summed E-state index contributed by atoms with van der Waals surface area (Å²) < 4.78 is 0. The molecule has 1 aromatic rings. The van der Waals surface area contributed by atoms with E-state index in [0.717, 1.165) is 0 Å². The number of aromatic nitrogens is 1. The molecule has 0 aliphatic heterocycles. The van der Waals surface area contributed by atoms with Crippen LogP contribution >= 0.6 is 0 Å². The predicted octanol–water partition coefficient (Wildman–Crippen LogP) is -0.810. The van der Waals surface area contributed by atoms with Gasteiger partial charge < -0.3 is 5.73 Å². The van der Waals surface area contributed by atoms with Crippen LogP contribution in [0.2, 0.25) is 0 Å². The number of hydrogen-bond donors (Lipinski definition) is 3. The molecule has 0 spiro atoms. The quantitative estimate of drug-likeness (QED) is 0.554. The molecule has 0 aliphatic rings. The zero-order valence-corrected chi connectivity index (χ0v) is 8.23. The van der Waals surface area contributed by atoms with Gasteiger partial charge in [-0.1, -0.05) is 0 Å². The SMILES string of the molecule is C[C@H](N)C(=O)NNC(=O)c1ccncc1. The first-order chi connectivity index (χ1) is 7.11. The standard InChI is InChI=1S/C9H12N4O2/c1-6(10)8(14)12-13-9(15)7-2-4-11-5-3-7/h2-6H,10H2,1H3,(H,12,14)(H,13,15)/t6-/m0/s1. The highest BCUT2D eigenvalue weighted by molar-refractivity contribution is 5.95. The van der Waals surface area contributed by atoms with Gasteiger partial charge in [-0.05, 0) is 19.1 Å². The predicted molar refractivity (Wildman–Crippen MR) is 53.5 cm³/mol. The molecule has 0 fully saturated rings. The Balaban J connectivity index is 2.48. The normalized spacial score (nSPS) is 11.6. The van der Waals surface area contributed by atoms with Crippen molar-refractivity contribution in [1.82, 2.24) is 15.8 Å². The number of carbonyl (C=O) groups excluding carboxylic acids is 2. The second-order valence-electron chi connectivity index (χ2n) is 2.97. The van der Waals surface area contributed by atoms with E-state index in [1.54, 1.807) is 0 Å². The van der Waals surface area contributed by atoms with E-state index in [1.807, 2.05) is 0 Å². The summed E-state index contributed by atoms with van der Waals surface area (Å²) >= 11 is 0. The third-order valence-electron chi connectivity index (χ3n) is 1.66. The molecule has 1 rings (SSSR count). The molecular formula is C9H12N4O2. The van der Waals surface area contributed by atoms with Gasteiger partial charge in [-0.2, -0.15) is 0 Å². The van der Waals surface area contributed by atoms with Gasteiger partial charge in [0, 0.05) is 18.0 Å². The third-order valence-corrected chi connectivity index (χ3v) is 1.66. The third kappa shape index (κ3) is 3.35. The molecule has 1 atom stereocenters. The van der Waals surface area contributed by atoms with Crippen molar-refractivity contribution in [2.24, 2.45) is 5.73 Å². The average molecular weight is 208 g/mol. The van der Waals surface area contributed by atoms with Crippen molar-refractivity contribution in [2.75, 3.05) is 0 Å². The Morgan fingerprint density at radius 1 is 1.33 bits per heavy atom. The molecule has 0 saturated carbocycles. The largest absolute Gasteiger partial charge is 0.320 e. The molecule has 6 nitrogen and oxygen atoms in total. The fraction of sp³-hybridized carbons (Fsp3) is 0.222. The maximum Gasteiger partial charge on any atom is 0.269 e. The summed E-state index contributed by atoms with van der Waals surface area (Å²) in [6.45, 7) is 1.52. The van der Waals surface area contributed by atoms with E-state index < -0.39 is 17.9 Å². The molecule has 6 heteroatoms. The molecule has 0 bridgehead atoms. The second-order valence-corrected chi connectivity index (χ2v) is 2.97. The van der Waals surface area contributed by atoms with Crippen LogP contribution in [0.1, 0.15) is 17.3 Å². The molecule has 15 heavy (non-hydrogen) atoms.